The van der Waals surface area contributed by atoms with E-state index in [-0.39, 0.29) is 17.5 Å². The summed E-state index contributed by atoms with van der Waals surface area (Å²) in [7, 11) is -3.34. The molecule has 1 atom stereocenters. The Morgan fingerprint density at radius 3 is 2.62 bits per heavy atom. The summed E-state index contributed by atoms with van der Waals surface area (Å²) in [5.41, 5.74) is 1.01. The van der Waals surface area contributed by atoms with Crippen molar-refractivity contribution >= 4 is 27.3 Å². The van der Waals surface area contributed by atoms with Crippen molar-refractivity contribution in [3.63, 3.8) is 0 Å². The Kier molecular flexibility index (Phi) is 5.55. The van der Waals surface area contributed by atoms with Crippen molar-refractivity contribution in [1.29, 1.82) is 0 Å². The lowest BCUT2D eigenvalue weighted by atomic mass is 9.98. The molecule has 7 heteroatoms. The first-order chi connectivity index (χ1) is 11.1. The Labute approximate surface area is 144 Å². The predicted molar refractivity (Wildman–Crippen MR) is 97.6 cm³/mol. The topological polar surface area (TPSA) is 78.5 Å². The molecule has 0 radical (unpaired) electrons. The molecule has 0 spiro atoms. The van der Waals surface area contributed by atoms with Crippen LogP contribution in [0.25, 0.3) is 0 Å². The largest absolute Gasteiger partial charge is 0.325 e. The summed E-state index contributed by atoms with van der Waals surface area (Å²) in [5, 5.41) is 2.92. The average molecular weight is 353 g/mol. The van der Waals surface area contributed by atoms with Crippen LogP contribution < -0.4 is 10.0 Å². The highest BCUT2D eigenvalue weighted by Crippen LogP contribution is 2.29. The Bertz CT molecular complexity index is 701. The predicted octanol–water partition coefficient (Wildman–Crippen LogP) is 2.65. The maximum absolute atomic E-state index is 12.7. The molecule has 0 aromatic heterocycles. The van der Waals surface area contributed by atoms with Crippen LogP contribution in [-0.2, 0) is 14.8 Å². The van der Waals surface area contributed by atoms with Gasteiger partial charge in [0.15, 0.2) is 0 Å². The Morgan fingerprint density at radius 2 is 2.00 bits per heavy atom. The summed E-state index contributed by atoms with van der Waals surface area (Å²) < 4.78 is 25.1. The Balaban J connectivity index is 2.11. The molecule has 134 valence electrons. The van der Waals surface area contributed by atoms with E-state index in [1.54, 1.807) is 24.3 Å². The summed E-state index contributed by atoms with van der Waals surface area (Å²) in [6.07, 6.45) is 3.93. The maximum Gasteiger partial charge on any atom is 0.241 e. The molecule has 1 heterocycles. The van der Waals surface area contributed by atoms with Gasteiger partial charge in [0, 0.05) is 11.2 Å². The summed E-state index contributed by atoms with van der Waals surface area (Å²) in [6, 6.07) is 6.61. The number of nitrogens with zero attached hydrogens (tertiary/aromatic N) is 1. The zero-order valence-corrected chi connectivity index (χ0v) is 15.6. The van der Waals surface area contributed by atoms with Gasteiger partial charge in [-0.2, -0.15) is 0 Å². The summed E-state index contributed by atoms with van der Waals surface area (Å²) in [4.78, 5) is 15.0. The van der Waals surface area contributed by atoms with Crippen molar-refractivity contribution in [2.75, 3.05) is 22.8 Å². The van der Waals surface area contributed by atoms with Crippen LogP contribution in [0.15, 0.2) is 24.3 Å². The number of rotatable bonds is 6. The lowest BCUT2D eigenvalue weighted by Gasteiger charge is -2.38. The lowest BCUT2D eigenvalue weighted by Crippen LogP contribution is -2.50. The molecule has 0 bridgehead atoms. The van der Waals surface area contributed by atoms with E-state index in [0.717, 1.165) is 32.1 Å². The molecule has 1 aliphatic rings. The number of carbonyl (C=O) groups is 1. The van der Waals surface area contributed by atoms with Gasteiger partial charge in [0.1, 0.15) is 0 Å². The van der Waals surface area contributed by atoms with Crippen molar-refractivity contribution in [2.24, 2.45) is 0 Å². The second-order valence-corrected chi connectivity index (χ2v) is 8.71. The van der Waals surface area contributed by atoms with Crippen LogP contribution >= 0.6 is 0 Å². The average Bonchev–Trinajstić information content (AvgIpc) is 2.96. The van der Waals surface area contributed by atoms with Crippen LogP contribution in [0.3, 0.4) is 0 Å². The van der Waals surface area contributed by atoms with Crippen molar-refractivity contribution in [3.05, 3.63) is 24.3 Å². The van der Waals surface area contributed by atoms with E-state index >= 15 is 0 Å². The SMILES string of the molecule is CCC(C)(C)N1CCCC1C(=O)Nc1cccc(NS(C)(=O)=O)c1. The highest BCUT2D eigenvalue weighted by atomic mass is 32.2. The smallest absolute Gasteiger partial charge is 0.241 e. The monoisotopic (exact) mass is 353 g/mol. The summed E-state index contributed by atoms with van der Waals surface area (Å²) in [5.74, 6) is -0.0365. The second kappa shape index (κ2) is 7.11. The van der Waals surface area contributed by atoms with E-state index in [1.807, 2.05) is 0 Å². The fourth-order valence-electron chi connectivity index (χ4n) is 3.07. The molecule has 1 fully saturated rings. The molecule has 0 aliphatic carbocycles. The van der Waals surface area contributed by atoms with Gasteiger partial charge in [-0.1, -0.05) is 13.0 Å². The molecular weight excluding hydrogens is 326 g/mol. The van der Waals surface area contributed by atoms with E-state index in [9.17, 15) is 13.2 Å². The summed E-state index contributed by atoms with van der Waals surface area (Å²) >= 11 is 0. The molecule has 0 saturated carbocycles. The Hall–Kier alpha value is -1.60. The number of benzene rings is 1. The number of likely N-dealkylation sites (tertiary alicyclic amines) is 1. The van der Waals surface area contributed by atoms with Gasteiger partial charge in [0.05, 0.1) is 18.0 Å². The third-order valence-electron chi connectivity index (χ3n) is 4.63. The molecule has 1 amide bonds. The molecule has 2 rings (SSSR count). The molecule has 1 unspecified atom stereocenters. The molecule has 6 nitrogen and oxygen atoms in total. The first-order valence-electron chi connectivity index (χ1n) is 8.28. The zero-order valence-electron chi connectivity index (χ0n) is 14.8. The second-order valence-electron chi connectivity index (χ2n) is 6.96. The molecular formula is C17H27N3O3S. The lowest BCUT2D eigenvalue weighted by molar-refractivity contribution is -0.122. The van der Waals surface area contributed by atoms with Crippen LogP contribution in [0.1, 0.15) is 40.0 Å². The van der Waals surface area contributed by atoms with Gasteiger partial charge in [-0.3, -0.25) is 14.4 Å². The minimum Gasteiger partial charge on any atom is -0.325 e. The van der Waals surface area contributed by atoms with Crippen molar-refractivity contribution in [2.45, 2.75) is 51.6 Å². The third-order valence-corrected chi connectivity index (χ3v) is 5.24. The van der Waals surface area contributed by atoms with Gasteiger partial charge < -0.3 is 5.32 Å². The normalized spacial score (nSPS) is 19.2. The van der Waals surface area contributed by atoms with Crippen LogP contribution in [0.2, 0.25) is 0 Å². The van der Waals surface area contributed by atoms with Crippen molar-refractivity contribution < 1.29 is 13.2 Å². The molecule has 1 aromatic rings. The standard InChI is InChI=1S/C17H27N3O3S/c1-5-17(2,3)20-11-7-10-15(20)16(21)18-13-8-6-9-14(12-13)19-24(4,22)23/h6,8-9,12,15,19H,5,7,10-11H2,1-4H3,(H,18,21). The number of hydrogen-bond donors (Lipinski definition) is 2. The maximum atomic E-state index is 12.7. The first-order valence-corrected chi connectivity index (χ1v) is 10.2. The molecule has 1 saturated heterocycles. The molecule has 24 heavy (non-hydrogen) atoms. The minimum absolute atomic E-state index is 0.0157. The number of sulfonamides is 1. The van der Waals surface area contributed by atoms with Gasteiger partial charge in [-0.15, -0.1) is 0 Å². The van der Waals surface area contributed by atoms with Gasteiger partial charge >= 0.3 is 0 Å². The van der Waals surface area contributed by atoms with E-state index in [4.69, 9.17) is 0 Å². The Morgan fingerprint density at radius 1 is 1.33 bits per heavy atom. The number of hydrogen-bond acceptors (Lipinski definition) is 4. The summed E-state index contributed by atoms with van der Waals surface area (Å²) in [6.45, 7) is 7.38. The first kappa shape index (κ1) is 18.7. The van der Waals surface area contributed by atoms with Gasteiger partial charge in [-0.05, 0) is 57.9 Å². The van der Waals surface area contributed by atoms with E-state index < -0.39 is 10.0 Å². The van der Waals surface area contributed by atoms with Crippen molar-refractivity contribution in [1.82, 2.24) is 4.90 Å². The fraction of sp³-hybridized carbons (Fsp3) is 0.588. The van der Waals surface area contributed by atoms with Crippen LogP contribution in [0.4, 0.5) is 11.4 Å². The van der Waals surface area contributed by atoms with Gasteiger partial charge in [0.2, 0.25) is 15.9 Å². The van der Waals surface area contributed by atoms with Crippen LogP contribution in [-0.4, -0.2) is 43.6 Å². The molecule has 1 aliphatic heterocycles. The highest BCUT2D eigenvalue weighted by Gasteiger charge is 2.38. The van der Waals surface area contributed by atoms with Gasteiger partial charge in [0.25, 0.3) is 0 Å². The third kappa shape index (κ3) is 4.70. The molecule has 1 aromatic carbocycles. The van der Waals surface area contributed by atoms with E-state index in [0.29, 0.717) is 11.4 Å². The number of nitrogens with one attached hydrogen (secondary N) is 2. The van der Waals surface area contributed by atoms with Crippen LogP contribution in [0.5, 0.6) is 0 Å². The van der Waals surface area contributed by atoms with Crippen molar-refractivity contribution in [3.8, 4) is 0 Å². The quantitative estimate of drug-likeness (QED) is 0.824. The number of amides is 1. The highest BCUT2D eigenvalue weighted by molar-refractivity contribution is 7.92. The minimum atomic E-state index is -3.34. The van der Waals surface area contributed by atoms with Gasteiger partial charge in [-0.25, -0.2) is 8.42 Å². The number of anilines is 2. The molecule has 2 N–H and O–H groups in total. The number of carbonyl (C=O) groups excluding carboxylic acids is 1. The fourth-order valence-corrected chi connectivity index (χ4v) is 3.62. The zero-order chi connectivity index (χ0) is 18.0. The van der Waals surface area contributed by atoms with Crippen LogP contribution in [0, 0.1) is 0 Å². The van der Waals surface area contributed by atoms with E-state index in [2.05, 4.69) is 35.7 Å². The van der Waals surface area contributed by atoms with E-state index in [1.165, 1.54) is 0 Å².